The van der Waals surface area contributed by atoms with Crippen molar-refractivity contribution in [3.63, 3.8) is 0 Å². The topological polar surface area (TPSA) is 75.6 Å². The molecule has 0 radical (unpaired) electrons. The first kappa shape index (κ1) is 20.0. The van der Waals surface area contributed by atoms with E-state index in [1.54, 1.807) is 31.2 Å². The summed E-state index contributed by atoms with van der Waals surface area (Å²) < 4.78 is 25.0. The van der Waals surface area contributed by atoms with E-state index in [0.29, 0.717) is 12.0 Å². The van der Waals surface area contributed by atoms with Crippen LogP contribution in [-0.2, 0) is 16.4 Å². The van der Waals surface area contributed by atoms with E-state index in [2.05, 4.69) is 16.0 Å². The number of fused-ring (bicyclic) bond motifs is 1. The van der Waals surface area contributed by atoms with E-state index >= 15 is 0 Å². The molecule has 5 nitrogen and oxygen atoms in total. The van der Waals surface area contributed by atoms with Gasteiger partial charge in [0.15, 0.2) is 5.78 Å². The first-order valence-corrected chi connectivity index (χ1v) is 11.2. The second-order valence-electron chi connectivity index (χ2n) is 7.47. The van der Waals surface area contributed by atoms with Crippen LogP contribution in [0.25, 0.3) is 11.1 Å². The van der Waals surface area contributed by atoms with Crippen molar-refractivity contribution in [2.45, 2.75) is 31.6 Å². The summed E-state index contributed by atoms with van der Waals surface area (Å²) in [6.45, 7) is 3.46. The summed E-state index contributed by atoms with van der Waals surface area (Å²) in [4.78, 5) is 14.0. The van der Waals surface area contributed by atoms with Crippen LogP contribution in [0.2, 0.25) is 0 Å². The number of hydrazone groups is 1. The predicted octanol–water partition coefficient (Wildman–Crippen LogP) is 4.49. The predicted molar refractivity (Wildman–Crippen MR) is 118 cm³/mol. The molecule has 0 atom stereocenters. The lowest BCUT2D eigenvalue weighted by Gasteiger charge is -2.07. The number of sulfonamides is 1. The molecule has 152 valence electrons. The molecule has 30 heavy (non-hydrogen) atoms. The molecule has 0 saturated carbocycles. The summed E-state index contributed by atoms with van der Waals surface area (Å²) in [6.07, 6.45) is 1.48. The maximum absolute atomic E-state index is 12.5. The fraction of sp³-hybridized carbons (Fsp3) is 0.167. The van der Waals surface area contributed by atoms with Gasteiger partial charge in [0.25, 0.3) is 10.0 Å². The Morgan fingerprint density at radius 3 is 2.23 bits per heavy atom. The van der Waals surface area contributed by atoms with Crippen LogP contribution in [0.15, 0.2) is 76.7 Å². The van der Waals surface area contributed by atoms with Gasteiger partial charge in [-0.25, -0.2) is 0 Å². The minimum Gasteiger partial charge on any atom is -0.295 e. The largest absolute Gasteiger partial charge is 0.295 e. The zero-order valence-electron chi connectivity index (χ0n) is 16.8. The molecule has 0 saturated heterocycles. The summed E-state index contributed by atoms with van der Waals surface area (Å²) in [5.74, 6) is 0.0458. The highest BCUT2D eigenvalue weighted by Gasteiger charge is 2.20. The van der Waals surface area contributed by atoms with Crippen molar-refractivity contribution in [2.75, 3.05) is 0 Å². The number of nitrogens with zero attached hydrogens (tertiary/aromatic N) is 1. The van der Waals surface area contributed by atoms with Gasteiger partial charge in [0.2, 0.25) is 0 Å². The lowest BCUT2D eigenvalue weighted by atomic mass is 9.99. The first-order chi connectivity index (χ1) is 14.3. The van der Waals surface area contributed by atoms with Gasteiger partial charge in [-0.05, 0) is 55.5 Å². The quantitative estimate of drug-likeness (QED) is 0.490. The Morgan fingerprint density at radius 2 is 1.57 bits per heavy atom. The Morgan fingerprint density at radius 1 is 0.900 bits per heavy atom. The van der Waals surface area contributed by atoms with Crippen LogP contribution in [0.5, 0.6) is 0 Å². The zero-order valence-corrected chi connectivity index (χ0v) is 17.7. The van der Waals surface area contributed by atoms with Crippen LogP contribution in [0, 0.1) is 6.92 Å². The van der Waals surface area contributed by atoms with E-state index in [1.807, 2.05) is 43.3 Å². The Hall–Kier alpha value is -3.25. The van der Waals surface area contributed by atoms with E-state index in [-0.39, 0.29) is 10.7 Å². The van der Waals surface area contributed by atoms with E-state index in [4.69, 9.17) is 0 Å². The molecule has 3 aromatic carbocycles. The minimum absolute atomic E-state index is 0.0458. The van der Waals surface area contributed by atoms with Crippen molar-refractivity contribution in [2.24, 2.45) is 5.10 Å². The van der Waals surface area contributed by atoms with Crippen molar-refractivity contribution < 1.29 is 13.2 Å². The Kier molecular flexibility index (Phi) is 5.26. The average Bonchev–Trinajstić information content (AvgIpc) is 3.15. The maximum atomic E-state index is 12.5. The molecule has 1 N–H and O–H groups in total. The molecule has 3 aromatic rings. The van der Waals surface area contributed by atoms with Crippen molar-refractivity contribution in [1.82, 2.24) is 4.83 Å². The monoisotopic (exact) mass is 418 g/mol. The number of rotatable bonds is 5. The first-order valence-electron chi connectivity index (χ1n) is 9.73. The van der Waals surface area contributed by atoms with Gasteiger partial charge in [-0.2, -0.15) is 18.4 Å². The number of carbonyl (C=O) groups excluding carboxylic acids is 1. The van der Waals surface area contributed by atoms with E-state index in [9.17, 15) is 13.2 Å². The third-order valence-corrected chi connectivity index (χ3v) is 6.53. The zero-order chi connectivity index (χ0) is 21.3. The number of Topliss-reactive ketones (excluding diaryl/α,β-unsaturated/α-hetero) is 1. The van der Waals surface area contributed by atoms with Gasteiger partial charge in [0.1, 0.15) is 0 Å². The summed E-state index contributed by atoms with van der Waals surface area (Å²) in [5, 5.41) is 4.21. The van der Waals surface area contributed by atoms with E-state index in [1.165, 1.54) is 0 Å². The van der Waals surface area contributed by atoms with Gasteiger partial charge in [-0.15, -0.1) is 0 Å². The standard InChI is InChI=1S/C24H22N2O3S/c1-16-3-11-22(12-4-16)30(28,29)26-25-24-14-10-21-15-20(9-13-23(21)24)19-7-5-18(6-8-19)17(2)27/h3-9,11-13,15,26H,10,14H2,1-2H3/b25-24-. The Bertz CT molecular complexity index is 1240. The van der Waals surface area contributed by atoms with Crippen LogP contribution in [0.4, 0.5) is 0 Å². The fourth-order valence-corrected chi connectivity index (χ4v) is 4.38. The highest BCUT2D eigenvalue weighted by molar-refractivity contribution is 7.89. The second kappa shape index (κ2) is 7.88. The van der Waals surface area contributed by atoms with Crippen molar-refractivity contribution in [3.8, 4) is 11.1 Å². The van der Waals surface area contributed by atoms with Crippen LogP contribution in [0.1, 0.15) is 40.4 Å². The molecular formula is C24H22N2O3S. The van der Waals surface area contributed by atoms with Crippen LogP contribution >= 0.6 is 0 Å². The molecule has 0 heterocycles. The molecule has 1 aliphatic carbocycles. The lowest BCUT2D eigenvalue weighted by molar-refractivity contribution is 0.101. The summed E-state index contributed by atoms with van der Waals surface area (Å²) in [6, 6.07) is 20.3. The molecule has 0 spiro atoms. The van der Waals surface area contributed by atoms with E-state index in [0.717, 1.165) is 39.9 Å². The Balaban J connectivity index is 1.56. The number of aryl methyl sites for hydroxylation is 2. The SMILES string of the molecule is CC(=O)c1ccc(-c2ccc3c(c2)CC/C3=N/NS(=O)(=O)c2ccc(C)cc2)cc1. The molecule has 0 bridgehead atoms. The van der Waals surface area contributed by atoms with Gasteiger partial charge >= 0.3 is 0 Å². The normalized spacial score (nSPS) is 14.5. The number of carbonyl (C=O) groups is 1. The van der Waals surface area contributed by atoms with Crippen molar-refractivity contribution in [1.29, 1.82) is 0 Å². The molecule has 0 amide bonds. The van der Waals surface area contributed by atoms with Crippen LogP contribution in [-0.4, -0.2) is 19.9 Å². The highest BCUT2D eigenvalue weighted by Crippen LogP contribution is 2.29. The number of nitrogens with one attached hydrogen (secondary N) is 1. The lowest BCUT2D eigenvalue weighted by Crippen LogP contribution is -2.20. The fourth-order valence-electron chi connectivity index (χ4n) is 3.55. The van der Waals surface area contributed by atoms with E-state index < -0.39 is 10.0 Å². The number of hydrogen-bond acceptors (Lipinski definition) is 4. The maximum Gasteiger partial charge on any atom is 0.276 e. The summed E-state index contributed by atoms with van der Waals surface area (Å²) >= 11 is 0. The molecule has 4 rings (SSSR count). The summed E-state index contributed by atoms with van der Waals surface area (Å²) in [7, 11) is -3.69. The number of ketones is 1. The van der Waals surface area contributed by atoms with Crippen LogP contribution < -0.4 is 4.83 Å². The molecule has 1 aliphatic rings. The molecule has 6 heteroatoms. The van der Waals surface area contributed by atoms with Gasteiger partial charge in [-0.3, -0.25) is 4.79 Å². The molecule has 0 aliphatic heterocycles. The third kappa shape index (κ3) is 4.04. The molecule has 0 unspecified atom stereocenters. The number of benzene rings is 3. The average molecular weight is 419 g/mol. The highest BCUT2D eigenvalue weighted by atomic mass is 32.2. The van der Waals surface area contributed by atoms with Crippen molar-refractivity contribution in [3.05, 3.63) is 89.0 Å². The molecule has 0 fully saturated rings. The Labute approximate surface area is 176 Å². The smallest absolute Gasteiger partial charge is 0.276 e. The third-order valence-electron chi connectivity index (χ3n) is 5.30. The number of hydrogen-bond donors (Lipinski definition) is 1. The summed E-state index contributed by atoms with van der Waals surface area (Å²) in [5.41, 5.74) is 6.62. The van der Waals surface area contributed by atoms with Gasteiger partial charge in [0.05, 0.1) is 10.6 Å². The molecule has 0 aromatic heterocycles. The van der Waals surface area contributed by atoms with Crippen molar-refractivity contribution >= 4 is 21.5 Å². The molecular weight excluding hydrogens is 396 g/mol. The van der Waals surface area contributed by atoms with Gasteiger partial charge in [-0.1, -0.05) is 60.2 Å². The minimum atomic E-state index is -3.69. The van der Waals surface area contributed by atoms with Crippen LogP contribution in [0.3, 0.4) is 0 Å². The van der Waals surface area contributed by atoms with Gasteiger partial charge in [0, 0.05) is 11.1 Å². The van der Waals surface area contributed by atoms with Gasteiger partial charge < -0.3 is 0 Å². The second-order valence-corrected chi connectivity index (χ2v) is 9.13.